The second kappa shape index (κ2) is 6.04. The second-order valence-electron chi connectivity index (χ2n) is 3.82. The molecule has 0 saturated carbocycles. The Morgan fingerprint density at radius 1 is 1.35 bits per heavy atom. The van der Waals surface area contributed by atoms with E-state index < -0.39 is 25.9 Å². The van der Waals surface area contributed by atoms with E-state index in [0.717, 1.165) is 6.07 Å². The van der Waals surface area contributed by atoms with Crippen LogP contribution in [0.1, 0.15) is 5.56 Å². The summed E-state index contributed by atoms with van der Waals surface area (Å²) in [5, 5.41) is 17.8. The third-order valence-corrected chi connectivity index (χ3v) is 2.24. The van der Waals surface area contributed by atoms with Crippen LogP contribution in [0.5, 0.6) is 0 Å². The Morgan fingerprint density at radius 3 is 2.53 bits per heavy atom. The molecule has 0 spiro atoms. The van der Waals surface area contributed by atoms with Crippen LogP contribution in [-0.4, -0.2) is 42.1 Å². The van der Waals surface area contributed by atoms with E-state index in [1.165, 1.54) is 24.1 Å². The van der Waals surface area contributed by atoms with Crippen LogP contribution in [0.25, 0.3) is 0 Å². The van der Waals surface area contributed by atoms with Crippen molar-refractivity contribution in [2.24, 2.45) is 0 Å². The van der Waals surface area contributed by atoms with Gasteiger partial charge in [-0.2, -0.15) is 0 Å². The van der Waals surface area contributed by atoms with Gasteiger partial charge in [0.1, 0.15) is 5.82 Å². The van der Waals surface area contributed by atoms with Gasteiger partial charge in [0.25, 0.3) is 6.43 Å². The Labute approximate surface area is 97.6 Å². The lowest BCUT2D eigenvalue weighted by Crippen LogP contribution is -2.33. The molecule has 0 saturated heterocycles. The van der Waals surface area contributed by atoms with Crippen molar-refractivity contribution < 1.29 is 23.2 Å². The predicted molar refractivity (Wildman–Crippen MR) is 58.6 cm³/mol. The van der Waals surface area contributed by atoms with Crippen molar-refractivity contribution in [2.45, 2.75) is 13.0 Å². The number of hydrogen-bond acceptors (Lipinski definition) is 3. The molecule has 7 heteroatoms. The summed E-state index contributed by atoms with van der Waals surface area (Å²) < 4.78 is 37.3. The highest BCUT2D eigenvalue weighted by molar-refractivity contribution is 6.58. The van der Waals surface area contributed by atoms with Crippen LogP contribution in [0.3, 0.4) is 0 Å². The summed E-state index contributed by atoms with van der Waals surface area (Å²) in [6.45, 7) is -0.210. The first-order chi connectivity index (χ1) is 7.90. The molecule has 0 unspecified atom stereocenters. The molecule has 0 aliphatic heterocycles. The van der Waals surface area contributed by atoms with Crippen LogP contribution in [-0.2, 0) is 6.54 Å². The van der Waals surface area contributed by atoms with Gasteiger partial charge in [-0.3, -0.25) is 4.90 Å². The first-order valence-electron chi connectivity index (χ1n) is 5.01. The number of hydrogen-bond donors (Lipinski definition) is 2. The van der Waals surface area contributed by atoms with E-state index in [-0.39, 0.29) is 12.0 Å². The first-order valence-corrected chi connectivity index (χ1v) is 5.01. The Balaban J connectivity index is 2.75. The quantitative estimate of drug-likeness (QED) is 0.730. The fraction of sp³-hybridized carbons (Fsp3) is 0.400. The molecule has 1 rings (SSSR count). The van der Waals surface area contributed by atoms with Crippen molar-refractivity contribution in [1.82, 2.24) is 4.90 Å². The number of alkyl halides is 2. The van der Waals surface area contributed by atoms with Crippen molar-refractivity contribution in [3.63, 3.8) is 0 Å². The topological polar surface area (TPSA) is 43.7 Å². The maximum Gasteiger partial charge on any atom is 0.491 e. The number of rotatable bonds is 5. The van der Waals surface area contributed by atoms with Crippen LogP contribution in [0.15, 0.2) is 18.2 Å². The van der Waals surface area contributed by atoms with Crippen molar-refractivity contribution in [2.75, 3.05) is 13.6 Å². The maximum absolute atomic E-state index is 13.1. The van der Waals surface area contributed by atoms with Crippen LogP contribution in [0.2, 0.25) is 0 Å². The van der Waals surface area contributed by atoms with E-state index in [2.05, 4.69) is 0 Å². The molecule has 0 aliphatic carbocycles. The highest BCUT2D eigenvalue weighted by atomic mass is 19.3. The van der Waals surface area contributed by atoms with Gasteiger partial charge in [0, 0.05) is 12.0 Å². The van der Waals surface area contributed by atoms with Gasteiger partial charge >= 0.3 is 7.12 Å². The van der Waals surface area contributed by atoms with Gasteiger partial charge in [-0.1, -0.05) is 12.1 Å². The summed E-state index contributed by atoms with van der Waals surface area (Å²) >= 11 is 0. The predicted octanol–water partition coefficient (Wildman–Crippen LogP) is 0.202. The molecule has 0 amide bonds. The normalized spacial score (nSPS) is 11.3. The van der Waals surface area contributed by atoms with Gasteiger partial charge in [0.2, 0.25) is 0 Å². The molecule has 3 nitrogen and oxygen atoms in total. The summed E-state index contributed by atoms with van der Waals surface area (Å²) in [5.41, 5.74) is 0.283. The molecule has 0 aliphatic rings. The van der Waals surface area contributed by atoms with Crippen LogP contribution in [0.4, 0.5) is 13.2 Å². The number of nitrogens with zero attached hydrogens (tertiary/aromatic N) is 1. The van der Waals surface area contributed by atoms with Crippen molar-refractivity contribution >= 4 is 12.6 Å². The molecule has 94 valence electrons. The molecular weight excluding hydrogens is 234 g/mol. The van der Waals surface area contributed by atoms with Crippen LogP contribution >= 0.6 is 0 Å². The van der Waals surface area contributed by atoms with Gasteiger partial charge in [-0.15, -0.1) is 0 Å². The fourth-order valence-electron chi connectivity index (χ4n) is 1.50. The summed E-state index contributed by atoms with van der Waals surface area (Å²) in [5.74, 6) is -0.736. The van der Waals surface area contributed by atoms with Gasteiger partial charge in [-0.25, -0.2) is 13.2 Å². The Bertz CT molecular complexity index is 377. The molecule has 17 heavy (non-hydrogen) atoms. The smallest absolute Gasteiger partial charge is 0.423 e. The molecule has 0 radical (unpaired) electrons. The average molecular weight is 247 g/mol. The molecule has 2 N–H and O–H groups in total. The zero-order valence-corrected chi connectivity index (χ0v) is 9.28. The summed E-state index contributed by atoms with van der Waals surface area (Å²) in [6, 6.07) is 3.76. The Hall–Kier alpha value is -1.05. The Morgan fingerprint density at radius 2 is 2.00 bits per heavy atom. The molecule has 1 aromatic carbocycles. The molecule has 0 heterocycles. The highest BCUT2D eigenvalue weighted by Crippen LogP contribution is 2.06. The first kappa shape index (κ1) is 14.0. The maximum atomic E-state index is 13.1. The van der Waals surface area contributed by atoms with Gasteiger partial charge in [0.15, 0.2) is 0 Å². The lowest BCUT2D eigenvalue weighted by atomic mass is 9.79. The lowest BCUT2D eigenvalue weighted by Gasteiger charge is -2.16. The van der Waals surface area contributed by atoms with Crippen LogP contribution < -0.4 is 5.46 Å². The number of benzene rings is 1. The van der Waals surface area contributed by atoms with Crippen LogP contribution in [0, 0.1) is 5.82 Å². The minimum Gasteiger partial charge on any atom is -0.423 e. The van der Waals surface area contributed by atoms with Gasteiger partial charge < -0.3 is 10.0 Å². The molecule has 0 bridgehead atoms. The fourth-order valence-corrected chi connectivity index (χ4v) is 1.50. The van der Waals surface area contributed by atoms with Crippen molar-refractivity contribution in [3.8, 4) is 0 Å². The summed E-state index contributed by atoms with van der Waals surface area (Å²) in [7, 11) is -0.403. The summed E-state index contributed by atoms with van der Waals surface area (Å²) in [4.78, 5) is 1.37. The minimum atomic E-state index is -2.44. The molecule has 0 aromatic heterocycles. The molecule has 0 fully saturated rings. The minimum absolute atomic E-state index is 0.185. The highest BCUT2D eigenvalue weighted by Gasteiger charge is 2.17. The molecular formula is C10H13BF3NO2. The third kappa shape index (κ3) is 4.37. The monoisotopic (exact) mass is 247 g/mol. The van der Waals surface area contributed by atoms with E-state index in [1.54, 1.807) is 0 Å². The Kier molecular flexibility index (Phi) is 4.98. The van der Waals surface area contributed by atoms with E-state index in [0.29, 0.717) is 5.56 Å². The second-order valence-corrected chi connectivity index (χ2v) is 3.82. The number of halogens is 3. The van der Waals surface area contributed by atoms with Crippen molar-refractivity contribution in [3.05, 3.63) is 29.6 Å². The van der Waals surface area contributed by atoms with Gasteiger partial charge in [-0.05, 0) is 18.7 Å². The lowest BCUT2D eigenvalue weighted by molar-refractivity contribution is 0.0975. The SMILES string of the molecule is CN(Cc1ccc(F)c(B(O)O)c1)CC(F)F. The van der Waals surface area contributed by atoms with E-state index in [4.69, 9.17) is 10.0 Å². The van der Waals surface area contributed by atoms with E-state index in [1.807, 2.05) is 0 Å². The van der Waals surface area contributed by atoms with Crippen molar-refractivity contribution in [1.29, 1.82) is 0 Å². The third-order valence-electron chi connectivity index (χ3n) is 2.24. The van der Waals surface area contributed by atoms with E-state index >= 15 is 0 Å². The standard InChI is InChI=1S/C10H13BF3NO2/c1-15(6-10(13)14)5-7-2-3-9(12)8(4-7)11(16)17/h2-4,10,16-17H,5-6H2,1H3. The molecule has 0 atom stereocenters. The zero-order valence-electron chi connectivity index (χ0n) is 9.28. The average Bonchev–Trinajstić information content (AvgIpc) is 2.19. The van der Waals surface area contributed by atoms with Gasteiger partial charge in [0.05, 0.1) is 6.54 Å². The van der Waals surface area contributed by atoms with E-state index in [9.17, 15) is 13.2 Å². The molecule has 1 aromatic rings. The summed E-state index contributed by atoms with van der Waals surface area (Å²) in [6.07, 6.45) is -2.44. The largest absolute Gasteiger partial charge is 0.491 e. The zero-order chi connectivity index (χ0) is 13.0.